The molecule has 0 fully saturated rings. The van der Waals surface area contributed by atoms with E-state index in [0.29, 0.717) is 18.1 Å². The van der Waals surface area contributed by atoms with Crippen molar-refractivity contribution in [2.75, 3.05) is 13.2 Å². The van der Waals surface area contributed by atoms with Crippen molar-refractivity contribution < 1.29 is 18.7 Å². The Labute approximate surface area is 123 Å². The summed E-state index contributed by atoms with van der Waals surface area (Å²) in [5.74, 6) is 1.91. The van der Waals surface area contributed by atoms with Gasteiger partial charge in [0.1, 0.15) is 17.3 Å². The molecule has 1 aromatic carbocycles. The molecule has 0 radical (unpaired) electrons. The topological polar surface area (TPSA) is 60.7 Å². The Bertz CT molecular complexity index is 548. The second kappa shape index (κ2) is 7.38. The Morgan fingerprint density at radius 3 is 2.43 bits per heavy atom. The van der Waals surface area contributed by atoms with Gasteiger partial charge in [0, 0.05) is 0 Å². The molecule has 1 aromatic heterocycles. The lowest BCUT2D eigenvalue weighted by molar-refractivity contribution is -0.123. The van der Waals surface area contributed by atoms with Crippen LogP contribution in [0, 0.1) is 0 Å². The Morgan fingerprint density at radius 2 is 1.86 bits per heavy atom. The first-order valence-corrected chi connectivity index (χ1v) is 6.87. The third-order valence-electron chi connectivity index (χ3n) is 2.85. The summed E-state index contributed by atoms with van der Waals surface area (Å²) in [6.07, 6.45) is 1.58. The predicted octanol–water partition coefficient (Wildman–Crippen LogP) is 2.93. The molecule has 0 unspecified atom stereocenters. The van der Waals surface area contributed by atoms with Gasteiger partial charge in [-0.2, -0.15) is 0 Å². The maximum absolute atomic E-state index is 11.8. The molecule has 0 aliphatic heterocycles. The van der Waals surface area contributed by atoms with E-state index in [1.807, 2.05) is 32.0 Å². The third kappa shape index (κ3) is 4.56. The highest BCUT2D eigenvalue weighted by molar-refractivity contribution is 5.77. The number of rotatable bonds is 7. The summed E-state index contributed by atoms with van der Waals surface area (Å²) in [7, 11) is 0. The third-order valence-corrected chi connectivity index (χ3v) is 2.85. The van der Waals surface area contributed by atoms with E-state index in [1.54, 1.807) is 24.5 Å². The van der Waals surface area contributed by atoms with E-state index in [0.717, 1.165) is 5.75 Å². The smallest absolute Gasteiger partial charge is 0.258 e. The van der Waals surface area contributed by atoms with Crippen LogP contribution >= 0.6 is 0 Å². The molecule has 21 heavy (non-hydrogen) atoms. The second-order valence-electron chi connectivity index (χ2n) is 4.50. The van der Waals surface area contributed by atoms with E-state index in [4.69, 9.17) is 13.9 Å². The van der Waals surface area contributed by atoms with Gasteiger partial charge in [-0.1, -0.05) is 0 Å². The van der Waals surface area contributed by atoms with Crippen LogP contribution in [0.1, 0.15) is 25.6 Å². The largest absolute Gasteiger partial charge is 0.494 e. The van der Waals surface area contributed by atoms with Gasteiger partial charge in [-0.15, -0.1) is 0 Å². The molecule has 0 aliphatic carbocycles. The maximum Gasteiger partial charge on any atom is 0.258 e. The fraction of sp³-hybridized carbons (Fsp3) is 0.312. The van der Waals surface area contributed by atoms with Gasteiger partial charge in [-0.3, -0.25) is 4.79 Å². The number of nitrogens with one attached hydrogen (secondary N) is 1. The first-order chi connectivity index (χ1) is 10.2. The zero-order valence-electron chi connectivity index (χ0n) is 12.2. The monoisotopic (exact) mass is 289 g/mol. The molecule has 0 saturated heterocycles. The number of hydrogen-bond donors (Lipinski definition) is 1. The summed E-state index contributed by atoms with van der Waals surface area (Å²) in [6.45, 7) is 4.36. The predicted molar refractivity (Wildman–Crippen MR) is 78.4 cm³/mol. The molecule has 1 atom stereocenters. The Hall–Kier alpha value is -2.43. The number of furan rings is 1. The molecule has 5 heteroatoms. The lowest BCUT2D eigenvalue weighted by atomic mass is 10.2. The van der Waals surface area contributed by atoms with E-state index in [-0.39, 0.29) is 18.6 Å². The van der Waals surface area contributed by atoms with Crippen LogP contribution in [-0.2, 0) is 4.79 Å². The van der Waals surface area contributed by atoms with Gasteiger partial charge in [0.2, 0.25) is 0 Å². The van der Waals surface area contributed by atoms with Crippen LogP contribution in [0.5, 0.6) is 11.5 Å². The minimum absolute atomic E-state index is 0.0426. The van der Waals surface area contributed by atoms with Crippen molar-refractivity contribution in [2.45, 2.75) is 19.9 Å². The van der Waals surface area contributed by atoms with E-state index in [1.165, 1.54) is 0 Å². The van der Waals surface area contributed by atoms with Gasteiger partial charge in [0.15, 0.2) is 6.61 Å². The summed E-state index contributed by atoms with van der Waals surface area (Å²) in [5, 5.41) is 2.80. The quantitative estimate of drug-likeness (QED) is 0.851. The molecule has 5 nitrogen and oxygen atoms in total. The highest BCUT2D eigenvalue weighted by Crippen LogP contribution is 2.17. The van der Waals surface area contributed by atoms with E-state index >= 15 is 0 Å². The number of amides is 1. The van der Waals surface area contributed by atoms with Crippen molar-refractivity contribution in [2.24, 2.45) is 0 Å². The summed E-state index contributed by atoms with van der Waals surface area (Å²) < 4.78 is 16.0. The number of benzene rings is 1. The number of carbonyl (C=O) groups excluding carboxylic acids is 1. The SMILES string of the molecule is CCOc1ccc(OCC(=O)N[C@@H](C)c2ccco2)cc1. The van der Waals surface area contributed by atoms with Crippen LogP contribution in [0.3, 0.4) is 0 Å². The average Bonchev–Trinajstić information content (AvgIpc) is 3.01. The highest BCUT2D eigenvalue weighted by Gasteiger charge is 2.12. The van der Waals surface area contributed by atoms with Crippen LogP contribution in [0.15, 0.2) is 47.1 Å². The van der Waals surface area contributed by atoms with Crippen molar-refractivity contribution in [3.05, 3.63) is 48.4 Å². The molecule has 0 aliphatic rings. The molecule has 2 rings (SSSR count). The normalized spacial score (nSPS) is 11.7. The maximum atomic E-state index is 11.8. The van der Waals surface area contributed by atoms with Crippen LogP contribution in [0.4, 0.5) is 0 Å². The summed E-state index contributed by atoms with van der Waals surface area (Å²) >= 11 is 0. The summed E-state index contributed by atoms with van der Waals surface area (Å²) in [4.78, 5) is 11.8. The van der Waals surface area contributed by atoms with E-state index < -0.39 is 0 Å². The Kier molecular flexibility index (Phi) is 5.26. The number of ether oxygens (including phenoxy) is 2. The molecule has 0 bridgehead atoms. The highest BCUT2D eigenvalue weighted by atomic mass is 16.5. The Morgan fingerprint density at radius 1 is 1.19 bits per heavy atom. The fourth-order valence-corrected chi connectivity index (χ4v) is 1.84. The van der Waals surface area contributed by atoms with Crippen LogP contribution < -0.4 is 14.8 Å². The molecule has 1 N–H and O–H groups in total. The van der Waals surface area contributed by atoms with E-state index in [2.05, 4.69) is 5.32 Å². The molecule has 112 valence electrons. The van der Waals surface area contributed by atoms with Crippen LogP contribution in [0.25, 0.3) is 0 Å². The lowest BCUT2D eigenvalue weighted by Crippen LogP contribution is -2.31. The first kappa shape index (κ1) is 15.0. The standard InChI is InChI=1S/C16H19NO4/c1-3-19-13-6-8-14(9-7-13)21-11-16(18)17-12(2)15-5-4-10-20-15/h4-10,12H,3,11H2,1-2H3,(H,17,18)/t12-/m0/s1. The van der Waals surface area contributed by atoms with Gasteiger partial charge in [-0.25, -0.2) is 0 Å². The van der Waals surface area contributed by atoms with E-state index in [9.17, 15) is 4.79 Å². The first-order valence-electron chi connectivity index (χ1n) is 6.87. The average molecular weight is 289 g/mol. The van der Waals surface area contributed by atoms with Crippen LogP contribution in [-0.4, -0.2) is 19.1 Å². The number of hydrogen-bond acceptors (Lipinski definition) is 4. The lowest BCUT2D eigenvalue weighted by Gasteiger charge is -2.12. The van der Waals surface area contributed by atoms with Gasteiger partial charge in [0.25, 0.3) is 5.91 Å². The fourth-order valence-electron chi connectivity index (χ4n) is 1.84. The zero-order valence-corrected chi connectivity index (χ0v) is 12.2. The molecule has 0 saturated carbocycles. The summed E-state index contributed by atoms with van der Waals surface area (Å²) in [5.41, 5.74) is 0. The van der Waals surface area contributed by atoms with Gasteiger partial charge >= 0.3 is 0 Å². The number of carbonyl (C=O) groups is 1. The van der Waals surface area contributed by atoms with Crippen molar-refractivity contribution in [1.82, 2.24) is 5.32 Å². The molecule has 1 amide bonds. The molecule has 0 spiro atoms. The zero-order chi connectivity index (χ0) is 15.1. The minimum atomic E-state index is -0.201. The van der Waals surface area contributed by atoms with Crippen molar-refractivity contribution in [3.63, 3.8) is 0 Å². The molecule has 2 aromatic rings. The molecule has 1 heterocycles. The van der Waals surface area contributed by atoms with Gasteiger partial charge < -0.3 is 19.2 Å². The molecular formula is C16H19NO4. The summed E-state index contributed by atoms with van der Waals surface area (Å²) in [6, 6.07) is 10.6. The van der Waals surface area contributed by atoms with Crippen molar-refractivity contribution >= 4 is 5.91 Å². The van der Waals surface area contributed by atoms with Crippen molar-refractivity contribution in [3.8, 4) is 11.5 Å². The molecular weight excluding hydrogens is 270 g/mol. The second-order valence-corrected chi connectivity index (χ2v) is 4.50. The van der Waals surface area contributed by atoms with Gasteiger partial charge in [-0.05, 0) is 50.2 Å². The van der Waals surface area contributed by atoms with Crippen molar-refractivity contribution in [1.29, 1.82) is 0 Å². The minimum Gasteiger partial charge on any atom is -0.494 e. The van der Waals surface area contributed by atoms with Gasteiger partial charge in [0.05, 0.1) is 18.9 Å². The van der Waals surface area contributed by atoms with Crippen LogP contribution in [0.2, 0.25) is 0 Å². The Balaban J connectivity index is 1.78.